The van der Waals surface area contributed by atoms with Gasteiger partial charge < -0.3 is 9.64 Å². The van der Waals surface area contributed by atoms with Crippen molar-refractivity contribution in [2.75, 3.05) is 20.2 Å². The van der Waals surface area contributed by atoms with Crippen molar-refractivity contribution < 1.29 is 23.1 Å². The fourth-order valence-electron chi connectivity index (χ4n) is 2.73. The van der Waals surface area contributed by atoms with Crippen LogP contribution in [0.25, 0.3) is 0 Å². The van der Waals surface area contributed by atoms with Gasteiger partial charge in [-0.1, -0.05) is 31.2 Å². The molecule has 0 spiro atoms. The molecule has 4 nitrogen and oxygen atoms in total. The first-order valence-corrected chi connectivity index (χ1v) is 8.73. The molecular weight excluding hydrogens is 352 g/mol. The van der Waals surface area contributed by atoms with E-state index in [4.69, 9.17) is 4.74 Å². The highest BCUT2D eigenvalue weighted by Crippen LogP contribution is 2.11. The van der Waals surface area contributed by atoms with Crippen LogP contribution in [-0.4, -0.2) is 37.0 Å². The van der Waals surface area contributed by atoms with E-state index in [1.165, 1.54) is 31.4 Å². The Kier molecular flexibility index (Phi) is 7.46. The molecule has 0 saturated heterocycles. The van der Waals surface area contributed by atoms with E-state index in [1.807, 2.05) is 0 Å². The number of ether oxygens (including phenoxy) is 1. The highest BCUT2D eigenvalue weighted by atomic mass is 19.1. The molecule has 1 atom stereocenters. The Labute approximate surface area is 157 Å². The molecule has 0 aliphatic heterocycles. The van der Waals surface area contributed by atoms with Crippen LogP contribution in [0.3, 0.4) is 0 Å². The number of amides is 1. The number of carbonyl (C=O) groups is 2. The lowest BCUT2D eigenvalue weighted by Gasteiger charge is -2.25. The topological polar surface area (TPSA) is 46.6 Å². The second-order valence-corrected chi connectivity index (χ2v) is 6.44. The molecule has 27 heavy (non-hydrogen) atoms. The number of rotatable bonds is 8. The molecule has 0 saturated carbocycles. The average molecular weight is 375 g/mol. The minimum Gasteiger partial charge on any atom is -0.469 e. The van der Waals surface area contributed by atoms with E-state index in [1.54, 1.807) is 36.1 Å². The third-order valence-electron chi connectivity index (χ3n) is 4.30. The summed E-state index contributed by atoms with van der Waals surface area (Å²) in [6.45, 7) is 2.29. The minimum atomic E-state index is -0.472. The zero-order chi connectivity index (χ0) is 19.8. The second kappa shape index (κ2) is 9.80. The average Bonchev–Trinajstić information content (AvgIpc) is 2.67. The zero-order valence-corrected chi connectivity index (χ0v) is 15.5. The summed E-state index contributed by atoms with van der Waals surface area (Å²) in [5.41, 5.74) is 1.58. The van der Waals surface area contributed by atoms with E-state index in [2.05, 4.69) is 0 Å². The molecule has 1 unspecified atom stereocenters. The van der Waals surface area contributed by atoms with Crippen LogP contribution in [0.5, 0.6) is 0 Å². The van der Waals surface area contributed by atoms with Gasteiger partial charge in [0.15, 0.2) is 0 Å². The Balaban J connectivity index is 2.07. The van der Waals surface area contributed by atoms with Gasteiger partial charge in [0.05, 0.1) is 19.4 Å². The van der Waals surface area contributed by atoms with Gasteiger partial charge in [-0.3, -0.25) is 9.59 Å². The number of hydrogen-bond acceptors (Lipinski definition) is 3. The number of nitrogens with zero attached hydrogens (tertiary/aromatic N) is 1. The summed E-state index contributed by atoms with van der Waals surface area (Å²) in [6, 6.07) is 11.8. The van der Waals surface area contributed by atoms with Crippen molar-refractivity contribution in [2.45, 2.75) is 19.8 Å². The molecule has 0 aliphatic rings. The molecule has 2 aromatic rings. The Morgan fingerprint density at radius 3 is 2.00 bits per heavy atom. The summed E-state index contributed by atoms with van der Waals surface area (Å²) >= 11 is 0. The third-order valence-corrected chi connectivity index (χ3v) is 4.30. The minimum absolute atomic E-state index is 0.109. The highest BCUT2D eigenvalue weighted by Gasteiger charge is 2.21. The van der Waals surface area contributed by atoms with Crippen LogP contribution < -0.4 is 0 Å². The number of carbonyl (C=O) groups excluding carboxylic acids is 2. The van der Waals surface area contributed by atoms with Crippen LogP contribution in [0.15, 0.2) is 48.5 Å². The summed E-state index contributed by atoms with van der Waals surface area (Å²) < 4.78 is 30.8. The van der Waals surface area contributed by atoms with Crippen molar-refractivity contribution in [1.82, 2.24) is 4.90 Å². The molecule has 0 heterocycles. The molecule has 0 fully saturated rings. The van der Waals surface area contributed by atoms with Crippen molar-refractivity contribution in [3.8, 4) is 0 Å². The lowest BCUT2D eigenvalue weighted by molar-refractivity contribution is -0.146. The van der Waals surface area contributed by atoms with Gasteiger partial charge in [-0.05, 0) is 41.8 Å². The summed E-state index contributed by atoms with van der Waals surface area (Å²) in [5.74, 6) is -1.71. The van der Waals surface area contributed by atoms with Crippen molar-refractivity contribution in [1.29, 1.82) is 0 Å². The quantitative estimate of drug-likeness (QED) is 0.665. The van der Waals surface area contributed by atoms with E-state index < -0.39 is 11.9 Å². The Morgan fingerprint density at radius 1 is 0.963 bits per heavy atom. The lowest BCUT2D eigenvalue weighted by Crippen LogP contribution is -2.39. The predicted molar refractivity (Wildman–Crippen MR) is 98.0 cm³/mol. The Morgan fingerprint density at radius 2 is 1.48 bits per heavy atom. The normalized spacial score (nSPS) is 11.7. The van der Waals surface area contributed by atoms with Gasteiger partial charge in [-0.25, -0.2) is 8.78 Å². The van der Waals surface area contributed by atoms with E-state index in [-0.39, 0.29) is 30.5 Å². The van der Waals surface area contributed by atoms with Crippen molar-refractivity contribution in [3.05, 3.63) is 71.3 Å². The van der Waals surface area contributed by atoms with Gasteiger partial charge in [0.2, 0.25) is 5.91 Å². The first-order valence-electron chi connectivity index (χ1n) is 8.73. The number of esters is 1. The third kappa shape index (κ3) is 6.47. The number of benzene rings is 2. The monoisotopic (exact) mass is 375 g/mol. The van der Waals surface area contributed by atoms with Crippen molar-refractivity contribution in [3.63, 3.8) is 0 Å². The van der Waals surface area contributed by atoms with Crippen LogP contribution in [0, 0.1) is 17.6 Å². The van der Waals surface area contributed by atoms with Crippen LogP contribution in [0.1, 0.15) is 18.1 Å². The molecule has 6 heteroatoms. The van der Waals surface area contributed by atoms with Gasteiger partial charge >= 0.3 is 5.97 Å². The summed E-state index contributed by atoms with van der Waals surface area (Å²) in [7, 11) is 1.31. The molecule has 0 aromatic heterocycles. The maximum absolute atomic E-state index is 13.0. The SMILES string of the molecule is COC(=O)C(C)CN(CCc1ccc(F)cc1)C(=O)Cc1ccc(F)cc1. The van der Waals surface area contributed by atoms with Crippen molar-refractivity contribution >= 4 is 11.9 Å². The number of methoxy groups -OCH3 is 1. The molecule has 2 aromatic carbocycles. The summed E-state index contributed by atoms with van der Waals surface area (Å²) in [5, 5.41) is 0. The smallest absolute Gasteiger partial charge is 0.310 e. The standard InChI is InChI=1S/C21H23F2NO3/c1-15(21(26)27-2)14-24(12-11-16-3-7-18(22)8-4-16)20(25)13-17-5-9-19(23)10-6-17/h3-10,15H,11-14H2,1-2H3. The van der Waals surface area contributed by atoms with Crippen LogP contribution >= 0.6 is 0 Å². The molecular formula is C21H23F2NO3. The van der Waals surface area contributed by atoms with Gasteiger partial charge in [-0.15, -0.1) is 0 Å². The molecule has 2 rings (SSSR count). The molecule has 144 valence electrons. The first-order chi connectivity index (χ1) is 12.9. The van der Waals surface area contributed by atoms with E-state index in [0.29, 0.717) is 18.5 Å². The largest absolute Gasteiger partial charge is 0.469 e. The fourth-order valence-corrected chi connectivity index (χ4v) is 2.73. The number of halogens is 2. The zero-order valence-electron chi connectivity index (χ0n) is 15.5. The molecule has 0 aliphatic carbocycles. The predicted octanol–water partition coefficient (Wildman–Crippen LogP) is 3.39. The second-order valence-electron chi connectivity index (χ2n) is 6.44. The summed E-state index contributed by atoms with van der Waals surface area (Å²) in [6.07, 6.45) is 0.640. The fraction of sp³-hybridized carbons (Fsp3) is 0.333. The Bertz CT molecular complexity index is 760. The van der Waals surface area contributed by atoms with Crippen LogP contribution in [0.2, 0.25) is 0 Å². The van der Waals surface area contributed by atoms with Gasteiger partial charge in [-0.2, -0.15) is 0 Å². The molecule has 0 N–H and O–H groups in total. The van der Waals surface area contributed by atoms with Gasteiger partial charge in [0.1, 0.15) is 11.6 Å². The van der Waals surface area contributed by atoms with Crippen LogP contribution in [0.4, 0.5) is 8.78 Å². The van der Waals surface area contributed by atoms with Crippen molar-refractivity contribution in [2.24, 2.45) is 5.92 Å². The van der Waals surface area contributed by atoms with E-state index in [9.17, 15) is 18.4 Å². The maximum atomic E-state index is 13.0. The molecule has 0 radical (unpaired) electrons. The van der Waals surface area contributed by atoms with Gasteiger partial charge in [0, 0.05) is 13.1 Å². The lowest BCUT2D eigenvalue weighted by atomic mass is 10.1. The first kappa shape index (κ1) is 20.6. The maximum Gasteiger partial charge on any atom is 0.310 e. The van der Waals surface area contributed by atoms with E-state index in [0.717, 1.165) is 5.56 Å². The Hall–Kier alpha value is -2.76. The highest BCUT2D eigenvalue weighted by molar-refractivity contribution is 5.80. The number of hydrogen-bond donors (Lipinski definition) is 0. The summed E-state index contributed by atoms with van der Waals surface area (Å²) in [4.78, 5) is 26.1. The van der Waals surface area contributed by atoms with Crippen LogP contribution in [-0.2, 0) is 27.2 Å². The van der Waals surface area contributed by atoms with E-state index >= 15 is 0 Å². The molecule has 1 amide bonds. The van der Waals surface area contributed by atoms with Gasteiger partial charge in [0.25, 0.3) is 0 Å². The molecule has 0 bridgehead atoms.